The second-order valence-electron chi connectivity index (χ2n) is 6.13. The van der Waals surface area contributed by atoms with Gasteiger partial charge in [-0.3, -0.25) is 4.79 Å². The van der Waals surface area contributed by atoms with E-state index in [0.29, 0.717) is 27.1 Å². The third-order valence-electron chi connectivity index (χ3n) is 4.11. The molecule has 0 aliphatic carbocycles. The van der Waals surface area contributed by atoms with E-state index in [4.69, 9.17) is 23.2 Å². The van der Waals surface area contributed by atoms with Crippen molar-refractivity contribution in [1.29, 1.82) is 0 Å². The minimum atomic E-state index is -1.48. The van der Waals surface area contributed by atoms with E-state index < -0.39 is 5.72 Å². The molecule has 1 aliphatic heterocycles. The van der Waals surface area contributed by atoms with Crippen LogP contribution in [0.5, 0.6) is 0 Å². The maximum absolute atomic E-state index is 12.7. The summed E-state index contributed by atoms with van der Waals surface area (Å²) in [5, 5.41) is 17.8. The fraction of sp³-hybridized carbons (Fsp3) is 0.263. The average Bonchev–Trinajstić information content (AvgIpc) is 2.93. The van der Waals surface area contributed by atoms with Crippen molar-refractivity contribution in [1.82, 2.24) is 5.01 Å². The van der Waals surface area contributed by atoms with E-state index in [1.807, 2.05) is 24.3 Å². The van der Waals surface area contributed by atoms with Crippen LogP contribution in [0.2, 0.25) is 10.0 Å². The molecule has 1 amide bonds. The molecule has 0 saturated carbocycles. The standard InChI is InChI=1S/C19H18Cl2N2O2S/c1-13-10-19(25,15-6-8-16(20)9-7-15)23(22-13)18(24)12-26-11-14-4-2-3-5-17(14)21/h2-9,25H,10-12H2,1H3/t19-/m1/s1. The van der Waals surface area contributed by atoms with Gasteiger partial charge in [0.1, 0.15) is 0 Å². The van der Waals surface area contributed by atoms with Crippen LogP contribution in [0.15, 0.2) is 53.6 Å². The molecule has 0 unspecified atom stereocenters. The van der Waals surface area contributed by atoms with Crippen LogP contribution in [0.1, 0.15) is 24.5 Å². The molecule has 0 saturated heterocycles. The van der Waals surface area contributed by atoms with Gasteiger partial charge in [-0.1, -0.05) is 53.5 Å². The monoisotopic (exact) mass is 408 g/mol. The predicted molar refractivity (Wildman–Crippen MR) is 108 cm³/mol. The second-order valence-corrected chi connectivity index (χ2v) is 7.95. The first-order valence-corrected chi connectivity index (χ1v) is 9.98. The van der Waals surface area contributed by atoms with Crippen molar-refractivity contribution in [2.24, 2.45) is 5.10 Å². The first-order valence-electron chi connectivity index (χ1n) is 8.07. The summed E-state index contributed by atoms with van der Waals surface area (Å²) in [4.78, 5) is 12.7. The van der Waals surface area contributed by atoms with Crippen LogP contribution in [-0.2, 0) is 16.3 Å². The van der Waals surface area contributed by atoms with Gasteiger partial charge in [0, 0.05) is 33.5 Å². The normalized spacial score (nSPS) is 19.5. The Morgan fingerprint density at radius 2 is 1.92 bits per heavy atom. The molecule has 7 heteroatoms. The summed E-state index contributed by atoms with van der Waals surface area (Å²) in [6, 6.07) is 14.4. The molecular formula is C19H18Cl2N2O2S. The molecule has 0 fully saturated rings. The number of hydrazone groups is 1. The zero-order valence-electron chi connectivity index (χ0n) is 14.2. The summed E-state index contributed by atoms with van der Waals surface area (Å²) in [5.41, 5.74) is 0.788. The summed E-state index contributed by atoms with van der Waals surface area (Å²) in [5.74, 6) is 0.551. The molecule has 2 aromatic carbocycles. The summed E-state index contributed by atoms with van der Waals surface area (Å²) < 4.78 is 0. The molecule has 0 bridgehead atoms. The lowest BCUT2D eigenvalue weighted by Gasteiger charge is -2.31. The highest BCUT2D eigenvalue weighted by Gasteiger charge is 2.44. The topological polar surface area (TPSA) is 52.9 Å². The molecule has 136 valence electrons. The van der Waals surface area contributed by atoms with E-state index in [1.54, 1.807) is 31.2 Å². The summed E-state index contributed by atoms with van der Waals surface area (Å²) >= 11 is 13.5. The second kappa shape index (κ2) is 8.01. The van der Waals surface area contributed by atoms with Crippen molar-refractivity contribution in [3.63, 3.8) is 0 Å². The summed E-state index contributed by atoms with van der Waals surface area (Å²) in [6.07, 6.45) is 0.273. The number of hydrogen-bond donors (Lipinski definition) is 1. The average molecular weight is 409 g/mol. The van der Waals surface area contributed by atoms with Crippen LogP contribution in [0.25, 0.3) is 0 Å². The highest BCUT2D eigenvalue weighted by molar-refractivity contribution is 7.99. The third kappa shape index (κ3) is 4.07. The van der Waals surface area contributed by atoms with Crippen LogP contribution >= 0.6 is 35.0 Å². The Morgan fingerprint density at radius 1 is 1.23 bits per heavy atom. The Hall–Kier alpha value is -1.53. The van der Waals surface area contributed by atoms with E-state index in [9.17, 15) is 9.90 Å². The van der Waals surface area contributed by atoms with Crippen LogP contribution in [0.4, 0.5) is 0 Å². The number of amides is 1. The largest absolute Gasteiger partial charge is 0.365 e. The Kier molecular flexibility index (Phi) is 5.92. The van der Waals surface area contributed by atoms with Gasteiger partial charge >= 0.3 is 0 Å². The van der Waals surface area contributed by atoms with Crippen LogP contribution in [0.3, 0.4) is 0 Å². The molecule has 0 spiro atoms. The van der Waals surface area contributed by atoms with E-state index in [2.05, 4.69) is 5.10 Å². The molecule has 0 radical (unpaired) electrons. The lowest BCUT2D eigenvalue weighted by Crippen LogP contribution is -2.44. The van der Waals surface area contributed by atoms with E-state index in [-0.39, 0.29) is 18.1 Å². The number of thioether (sulfide) groups is 1. The molecule has 0 aromatic heterocycles. The minimum Gasteiger partial charge on any atom is -0.365 e. The Labute approximate surface area is 166 Å². The zero-order chi connectivity index (χ0) is 18.7. The minimum absolute atomic E-state index is 0.192. The van der Waals surface area contributed by atoms with Crippen molar-refractivity contribution in [3.05, 3.63) is 69.7 Å². The van der Waals surface area contributed by atoms with Gasteiger partial charge in [0.2, 0.25) is 0 Å². The van der Waals surface area contributed by atoms with Crippen molar-refractivity contribution >= 4 is 46.6 Å². The molecule has 3 rings (SSSR count). The molecule has 1 N–H and O–H groups in total. The summed E-state index contributed by atoms with van der Waals surface area (Å²) in [6.45, 7) is 1.80. The maximum Gasteiger partial charge on any atom is 0.255 e. The van der Waals surface area contributed by atoms with Crippen LogP contribution in [0, 0.1) is 0 Å². The molecule has 4 nitrogen and oxygen atoms in total. The number of carbonyl (C=O) groups excluding carboxylic acids is 1. The van der Waals surface area contributed by atoms with Gasteiger partial charge in [-0.05, 0) is 30.7 Å². The van der Waals surface area contributed by atoms with Gasteiger partial charge in [-0.25, -0.2) is 0 Å². The van der Waals surface area contributed by atoms with Crippen LogP contribution in [-0.4, -0.2) is 27.5 Å². The van der Waals surface area contributed by atoms with E-state index in [1.165, 1.54) is 16.8 Å². The van der Waals surface area contributed by atoms with Crippen molar-refractivity contribution in [2.75, 3.05) is 5.75 Å². The number of aliphatic hydroxyl groups is 1. The number of nitrogens with zero attached hydrogens (tertiary/aromatic N) is 2. The summed E-state index contributed by atoms with van der Waals surface area (Å²) in [7, 11) is 0. The Balaban J connectivity index is 1.70. The molecule has 1 aliphatic rings. The SMILES string of the molecule is CC1=NN(C(=O)CSCc2ccccc2Cl)[C@](O)(c2ccc(Cl)cc2)C1. The quantitative estimate of drug-likeness (QED) is 0.780. The lowest BCUT2D eigenvalue weighted by molar-refractivity contribution is -0.154. The first kappa shape index (κ1) is 19.2. The van der Waals surface area contributed by atoms with E-state index >= 15 is 0 Å². The number of carbonyl (C=O) groups is 1. The van der Waals surface area contributed by atoms with Gasteiger partial charge in [0.05, 0.1) is 5.75 Å². The number of rotatable bonds is 5. The van der Waals surface area contributed by atoms with E-state index in [0.717, 1.165) is 5.56 Å². The maximum atomic E-state index is 12.7. The molecule has 2 aromatic rings. The van der Waals surface area contributed by atoms with Gasteiger partial charge in [0.25, 0.3) is 5.91 Å². The van der Waals surface area contributed by atoms with Crippen molar-refractivity contribution in [3.8, 4) is 0 Å². The predicted octanol–water partition coefficient (Wildman–Crippen LogP) is 4.68. The highest BCUT2D eigenvalue weighted by Crippen LogP contribution is 2.36. The van der Waals surface area contributed by atoms with Crippen molar-refractivity contribution in [2.45, 2.75) is 24.8 Å². The smallest absolute Gasteiger partial charge is 0.255 e. The van der Waals surface area contributed by atoms with Gasteiger partial charge in [-0.15, -0.1) is 11.8 Å². The fourth-order valence-electron chi connectivity index (χ4n) is 2.85. The highest BCUT2D eigenvalue weighted by atomic mass is 35.5. The van der Waals surface area contributed by atoms with Crippen molar-refractivity contribution < 1.29 is 9.90 Å². The van der Waals surface area contributed by atoms with Gasteiger partial charge in [-0.2, -0.15) is 10.1 Å². The molecular weight excluding hydrogens is 391 g/mol. The zero-order valence-corrected chi connectivity index (χ0v) is 16.5. The number of halogens is 2. The Morgan fingerprint density at radius 3 is 2.62 bits per heavy atom. The lowest BCUT2D eigenvalue weighted by atomic mass is 9.98. The van der Waals surface area contributed by atoms with Gasteiger partial charge in [0.15, 0.2) is 5.72 Å². The van der Waals surface area contributed by atoms with Gasteiger partial charge < -0.3 is 5.11 Å². The van der Waals surface area contributed by atoms with Crippen LogP contribution < -0.4 is 0 Å². The third-order valence-corrected chi connectivity index (χ3v) is 5.69. The molecule has 1 atom stereocenters. The Bertz CT molecular complexity index is 842. The number of benzene rings is 2. The fourth-order valence-corrected chi connectivity index (χ4v) is 4.13. The molecule has 1 heterocycles. The first-order chi connectivity index (χ1) is 12.4. The number of hydrogen-bond acceptors (Lipinski definition) is 4. The molecule has 26 heavy (non-hydrogen) atoms.